The second-order valence-electron chi connectivity index (χ2n) is 4.52. The molecule has 2 aromatic rings. The van der Waals surface area contributed by atoms with Gasteiger partial charge in [0.1, 0.15) is 6.04 Å². The van der Waals surface area contributed by atoms with E-state index in [0.29, 0.717) is 18.8 Å². The molecule has 0 saturated carbocycles. The summed E-state index contributed by atoms with van der Waals surface area (Å²) in [5.74, 6) is -0.230. The molecule has 0 spiro atoms. The minimum atomic E-state index is -0.839. The van der Waals surface area contributed by atoms with Gasteiger partial charge in [-0.2, -0.15) is 4.68 Å². The summed E-state index contributed by atoms with van der Waals surface area (Å²) < 4.78 is 1.62. The average Bonchev–Trinajstić information content (AvgIpc) is 2.88. The fourth-order valence-electron chi connectivity index (χ4n) is 2.08. The van der Waals surface area contributed by atoms with Crippen LogP contribution in [0, 0.1) is 0 Å². The second kappa shape index (κ2) is 6.25. The zero-order valence-electron chi connectivity index (χ0n) is 11.5. The summed E-state index contributed by atoms with van der Waals surface area (Å²) in [4.78, 5) is 12.9. The number of hydrogen-bond donors (Lipinski definition) is 1. The van der Waals surface area contributed by atoms with E-state index in [1.165, 1.54) is 0 Å². The number of benzene rings is 1. The molecule has 1 aromatic heterocycles. The van der Waals surface area contributed by atoms with Crippen LogP contribution in [0.5, 0.6) is 0 Å². The van der Waals surface area contributed by atoms with Gasteiger partial charge in [0.2, 0.25) is 0 Å². The molecule has 0 aliphatic rings. The van der Waals surface area contributed by atoms with E-state index in [1.807, 2.05) is 37.3 Å². The van der Waals surface area contributed by atoms with E-state index in [4.69, 9.17) is 5.11 Å². The highest BCUT2D eigenvalue weighted by Gasteiger charge is 2.22. The van der Waals surface area contributed by atoms with Crippen LogP contribution in [0.3, 0.4) is 0 Å². The van der Waals surface area contributed by atoms with Gasteiger partial charge in [-0.3, -0.25) is 9.69 Å². The first-order chi connectivity index (χ1) is 9.63. The molecule has 1 atom stereocenters. The van der Waals surface area contributed by atoms with E-state index in [-0.39, 0.29) is 0 Å². The number of carboxylic acid groups (broad SMARTS) is 1. The number of rotatable bonds is 6. The lowest BCUT2D eigenvalue weighted by molar-refractivity contribution is -0.143. The van der Waals surface area contributed by atoms with E-state index in [0.717, 1.165) is 5.69 Å². The number of likely N-dealkylation sites (N-methyl/N-ethyl adjacent to an activating group) is 1. The van der Waals surface area contributed by atoms with Gasteiger partial charge in [0.05, 0.1) is 12.2 Å². The lowest BCUT2D eigenvalue weighted by Gasteiger charge is -2.22. The van der Waals surface area contributed by atoms with Crippen molar-refractivity contribution in [2.75, 3.05) is 7.05 Å². The summed E-state index contributed by atoms with van der Waals surface area (Å²) in [6.07, 6.45) is 0.527. The van der Waals surface area contributed by atoms with Gasteiger partial charge in [0.25, 0.3) is 0 Å². The number of nitrogens with zero attached hydrogens (tertiary/aromatic N) is 5. The fourth-order valence-corrected chi connectivity index (χ4v) is 2.08. The molecule has 0 amide bonds. The Balaban J connectivity index is 2.19. The van der Waals surface area contributed by atoms with E-state index in [9.17, 15) is 4.79 Å². The SMILES string of the molecule is CCC(C(=O)O)N(C)Cc1nnnn1-c1ccccc1. The molecular formula is C13H17N5O2. The Bertz CT molecular complexity index is 569. The van der Waals surface area contributed by atoms with E-state index < -0.39 is 12.0 Å². The van der Waals surface area contributed by atoms with Crippen molar-refractivity contribution in [2.24, 2.45) is 0 Å². The minimum Gasteiger partial charge on any atom is -0.480 e. The molecule has 0 saturated heterocycles. The normalized spacial score (nSPS) is 12.6. The van der Waals surface area contributed by atoms with Gasteiger partial charge >= 0.3 is 5.97 Å². The standard InChI is InChI=1S/C13H17N5O2/c1-3-11(13(19)20)17(2)9-12-14-15-16-18(12)10-7-5-4-6-8-10/h4-8,11H,3,9H2,1-2H3,(H,19,20). The van der Waals surface area contributed by atoms with Crippen LogP contribution in [0.2, 0.25) is 0 Å². The Morgan fingerprint density at radius 1 is 1.40 bits per heavy atom. The van der Waals surface area contributed by atoms with Crippen molar-refractivity contribution in [2.45, 2.75) is 25.9 Å². The summed E-state index contributed by atoms with van der Waals surface area (Å²) >= 11 is 0. The van der Waals surface area contributed by atoms with E-state index >= 15 is 0 Å². The molecule has 7 nitrogen and oxygen atoms in total. The third-order valence-electron chi connectivity index (χ3n) is 3.13. The van der Waals surface area contributed by atoms with Crippen LogP contribution in [0.15, 0.2) is 30.3 Å². The first-order valence-electron chi connectivity index (χ1n) is 6.39. The van der Waals surface area contributed by atoms with E-state index in [2.05, 4.69) is 15.5 Å². The third-order valence-corrected chi connectivity index (χ3v) is 3.13. The van der Waals surface area contributed by atoms with Crippen LogP contribution in [0.4, 0.5) is 0 Å². The Kier molecular flexibility index (Phi) is 4.41. The number of aliphatic carboxylic acids is 1. The third kappa shape index (κ3) is 3.00. The molecule has 0 fully saturated rings. The molecule has 106 valence electrons. The van der Waals surface area contributed by atoms with Crippen molar-refractivity contribution in [3.05, 3.63) is 36.2 Å². The zero-order chi connectivity index (χ0) is 14.5. The van der Waals surface area contributed by atoms with Gasteiger partial charge in [0, 0.05) is 0 Å². The number of tetrazole rings is 1. The second-order valence-corrected chi connectivity index (χ2v) is 4.52. The Morgan fingerprint density at radius 2 is 2.10 bits per heavy atom. The fraction of sp³-hybridized carbons (Fsp3) is 0.385. The van der Waals surface area contributed by atoms with Crippen molar-refractivity contribution >= 4 is 5.97 Å². The molecule has 1 heterocycles. The van der Waals surface area contributed by atoms with Crippen molar-refractivity contribution in [1.82, 2.24) is 25.1 Å². The van der Waals surface area contributed by atoms with Crippen LogP contribution in [-0.2, 0) is 11.3 Å². The predicted octanol–water partition coefficient (Wildman–Crippen LogP) is 0.957. The van der Waals surface area contributed by atoms with Gasteiger partial charge in [-0.05, 0) is 36.0 Å². The Morgan fingerprint density at radius 3 is 2.70 bits per heavy atom. The van der Waals surface area contributed by atoms with Crippen LogP contribution in [-0.4, -0.2) is 49.3 Å². The average molecular weight is 275 g/mol. The summed E-state index contributed by atoms with van der Waals surface area (Å²) in [6, 6.07) is 8.96. The molecule has 0 aliphatic carbocycles. The number of aromatic nitrogens is 4. The largest absolute Gasteiger partial charge is 0.480 e. The lowest BCUT2D eigenvalue weighted by Crippen LogP contribution is -2.38. The maximum absolute atomic E-state index is 11.2. The highest BCUT2D eigenvalue weighted by atomic mass is 16.4. The van der Waals surface area contributed by atoms with Crippen molar-refractivity contribution in [1.29, 1.82) is 0 Å². The Hall–Kier alpha value is -2.28. The molecule has 0 bridgehead atoms. The predicted molar refractivity (Wildman–Crippen MR) is 72.3 cm³/mol. The molecule has 7 heteroatoms. The lowest BCUT2D eigenvalue weighted by atomic mass is 10.2. The molecule has 0 radical (unpaired) electrons. The molecule has 0 aliphatic heterocycles. The summed E-state index contributed by atoms with van der Waals surface area (Å²) in [6.45, 7) is 2.21. The number of carboxylic acids is 1. The number of hydrogen-bond acceptors (Lipinski definition) is 5. The molecule has 1 unspecified atom stereocenters. The van der Waals surface area contributed by atoms with Gasteiger partial charge < -0.3 is 5.11 Å². The van der Waals surface area contributed by atoms with Gasteiger partial charge in [0.15, 0.2) is 5.82 Å². The maximum atomic E-state index is 11.2. The summed E-state index contributed by atoms with van der Waals surface area (Å²) in [5.41, 5.74) is 0.851. The maximum Gasteiger partial charge on any atom is 0.320 e. The molecule has 20 heavy (non-hydrogen) atoms. The first-order valence-corrected chi connectivity index (χ1v) is 6.39. The highest BCUT2D eigenvalue weighted by molar-refractivity contribution is 5.73. The van der Waals surface area contributed by atoms with Crippen LogP contribution >= 0.6 is 0 Å². The van der Waals surface area contributed by atoms with Crippen molar-refractivity contribution < 1.29 is 9.90 Å². The highest BCUT2D eigenvalue weighted by Crippen LogP contribution is 2.11. The quantitative estimate of drug-likeness (QED) is 0.845. The Labute approximate surface area is 116 Å². The monoisotopic (exact) mass is 275 g/mol. The van der Waals surface area contributed by atoms with Crippen LogP contribution in [0.25, 0.3) is 5.69 Å². The van der Waals surface area contributed by atoms with E-state index in [1.54, 1.807) is 16.6 Å². The van der Waals surface area contributed by atoms with Crippen LogP contribution in [0.1, 0.15) is 19.2 Å². The summed E-state index contributed by atoms with van der Waals surface area (Å²) in [5, 5.41) is 20.8. The summed E-state index contributed by atoms with van der Waals surface area (Å²) in [7, 11) is 1.76. The first kappa shape index (κ1) is 14.1. The van der Waals surface area contributed by atoms with Gasteiger partial charge in [-0.25, -0.2) is 0 Å². The van der Waals surface area contributed by atoms with Gasteiger partial charge in [-0.1, -0.05) is 25.1 Å². The number of para-hydroxylation sites is 1. The zero-order valence-corrected chi connectivity index (χ0v) is 11.5. The number of carbonyl (C=O) groups is 1. The topological polar surface area (TPSA) is 84.1 Å². The smallest absolute Gasteiger partial charge is 0.320 e. The van der Waals surface area contributed by atoms with Gasteiger partial charge in [-0.15, -0.1) is 5.10 Å². The molecule has 1 N–H and O–H groups in total. The van der Waals surface area contributed by atoms with Crippen molar-refractivity contribution in [3.8, 4) is 5.69 Å². The van der Waals surface area contributed by atoms with Crippen molar-refractivity contribution in [3.63, 3.8) is 0 Å². The minimum absolute atomic E-state index is 0.368. The molecular weight excluding hydrogens is 258 g/mol. The molecule has 2 rings (SSSR count). The van der Waals surface area contributed by atoms with Crippen LogP contribution < -0.4 is 0 Å². The molecule has 1 aromatic carbocycles.